The number of benzene rings is 2. The van der Waals surface area contributed by atoms with Crippen molar-refractivity contribution in [3.63, 3.8) is 0 Å². The minimum atomic E-state index is -0.476. The second kappa shape index (κ2) is 7.53. The largest absolute Gasteiger partial charge is 0.497 e. The van der Waals surface area contributed by atoms with Crippen LogP contribution in [0.3, 0.4) is 0 Å². The second-order valence-corrected chi connectivity index (χ2v) is 6.69. The molecular weight excluding hydrogens is 378 g/mol. The molecule has 0 aliphatic rings. The Labute approximate surface area is 163 Å². The van der Waals surface area contributed by atoms with Crippen LogP contribution in [-0.4, -0.2) is 18.1 Å². The van der Waals surface area contributed by atoms with Gasteiger partial charge in [0.2, 0.25) is 0 Å². The number of aromatic nitrogens is 1. The molecule has 0 saturated carbocycles. The number of amides is 2. The number of thiazole rings is 1. The molecule has 2 N–H and O–H groups in total. The fraction of sp³-hybridized carbons (Fsp3) is 0.0500. The van der Waals surface area contributed by atoms with Gasteiger partial charge in [-0.25, -0.2) is 14.6 Å². The third-order valence-corrected chi connectivity index (χ3v) is 4.73. The molecule has 0 aliphatic carbocycles. The van der Waals surface area contributed by atoms with Crippen LogP contribution in [0.4, 0.5) is 15.6 Å². The zero-order valence-corrected chi connectivity index (χ0v) is 15.6. The number of hydrogen-bond acceptors (Lipinski definition) is 6. The quantitative estimate of drug-likeness (QED) is 0.496. The van der Waals surface area contributed by atoms with Gasteiger partial charge < -0.3 is 14.5 Å². The molecule has 7 nitrogen and oxygen atoms in total. The van der Waals surface area contributed by atoms with Gasteiger partial charge in [0.25, 0.3) is 0 Å². The first-order chi connectivity index (χ1) is 13.6. The van der Waals surface area contributed by atoms with Crippen LogP contribution in [0.1, 0.15) is 0 Å². The molecule has 8 heteroatoms. The van der Waals surface area contributed by atoms with E-state index in [2.05, 4.69) is 15.6 Å². The number of methoxy groups -OCH3 is 1. The van der Waals surface area contributed by atoms with Crippen molar-refractivity contribution in [1.82, 2.24) is 4.98 Å². The van der Waals surface area contributed by atoms with Crippen LogP contribution in [0.2, 0.25) is 0 Å². The van der Waals surface area contributed by atoms with Gasteiger partial charge in [0.05, 0.1) is 18.4 Å². The number of carbonyl (C=O) groups excluding carboxylic acids is 1. The van der Waals surface area contributed by atoms with Gasteiger partial charge in [0.15, 0.2) is 5.13 Å². The molecule has 2 amide bonds. The van der Waals surface area contributed by atoms with Crippen molar-refractivity contribution in [2.24, 2.45) is 0 Å². The highest BCUT2D eigenvalue weighted by Gasteiger charge is 2.13. The molecular formula is C20H15N3O4S. The van der Waals surface area contributed by atoms with Crippen LogP contribution >= 0.6 is 11.3 Å². The Bertz CT molecular complexity index is 1220. The van der Waals surface area contributed by atoms with E-state index in [-0.39, 0.29) is 0 Å². The summed E-state index contributed by atoms with van der Waals surface area (Å²) in [5, 5.41) is 8.23. The number of nitrogens with zero attached hydrogens (tertiary/aromatic N) is 1. The van der Waals surface area contributed by atoms with Crippen LogP contribution in [0, 0.1) is 0 Å². The van der Waals surface area contributed by atoms with Gasteiger partial charge in [0.1, 0.15) is 11.3 Å². The van der Waals surface area contributed by atoms with E-state index in [0.717, 1.165) is 5.39 Å². The van der Waals surface area contributed by atoms with E-state index in [1.165, 1.54) is 11.3 Å². The van der Waals surface area contributed by atoms with Crippen molar-refractivity contribution in [3.8, 4) is 17.0 Å². The number of hydrogen-bond donors (Lipinski definition) is 2. The van der Waals surface area contributed by atoms with Crippen molar-refractivity contribution in [1.29, 1.82) is 0 Å². The monoisotopic (exact) mass is 393 g/mol. The van der Waals surface area contributed by atoms with Gasteiger partial charge in [-0.1, -0.05) is 24.3 Å². The lowest BCUT2D eigenvalue weighted by Gasteiger charge is -2.06. The summed E-state index contributed by atoms with van der Waals surface area (Å²) in [6.07, 6.45) is 0. The molecule has 28 heavy (non-hydrogen) atoms. The smallest absolute Gasteiger partial charge is 0.345 e. The summed E-state index contributed by atoms with van der Waals surface area (Å²) in [7, 11) is 1.56. The molecule has 0 atom stereocenters. The third kappa shape index (κ3) is 3.72. The lowest BCUT2D eigenvalue weighted by molar-refractivity contribution is 0.262. The predicted octanol–water partition coefficient (Wildman–Crippen LogP) is 4.57. The average Bonchev–Trinajstić information content (AvgIpc) is 3.15. The molecule has 140 valence electrons. The molecule has 0 saturated heterocycles. The minimum Gasteiger partial charge on any atom is -0.497 e. The Morgan fingerprint density at radius 1 is 1.11 bits per heavy atom. The SMILES string of the molecule is COc1cccc(NC(=O)Nc2nc(-c3cc4ccccc4oc3=O)cs2)c1. The van der Waals surface area contributed by atoms with Gasteiger partial charge in [-0.2, -0.15) is 0 Å². The first-order valence-electron chi connectivity index (χ1n) is 8.33. The summed E-state index contributed by atoms with van der Waals surface area (Å²) in [6, 6.07) is 15.5. The number of rotatable bonds is 4. The van der Waals surface area contributed by atoms with Gasteiger partial charge in [0, 0.05) is 22.5 Å². The summed E-state index contributed by atoms with van der Waals surface area (Å²) in [5.41, 5.74) is 1.42. The van der Waals surface area contributed by atoms with Crippen LogP contribution in [0.25, 0.3) is 22.2 Å². The van der Waals surface area contributed by atoms with E-state index in [9.17, 15) is 9.59 Å². The second-order valence-electron chi connectivity index (χ2n) is 5.83. The maximum absolute atomic E-state index is 12.3. The molecule has 2 aromatic carbocycles. The fourth-order valence-electron chi connectivity index (χ4n) is 2.66. The lowest BCUT2D eigenvalue weighted by Crippen LogP contribution is -2.19. The third-order valence-electron chi connectivity index (χ3n) is 3.97. The van der Waals surface area contributed by atoms with Crippen molar-refractivity contribution in [3.05, 3.63) is 70.4 Å². The first kappa shape index (κ1) is 17.7. The number of anilines is 2. The van der Waals surface area contributed by atoms with Crippen LogP contribution in [0.15, 0.2) is 69.2 Å². The topological polar surface area (TPSA) is 93.5 Å². The highest BCUT2D eigenvalue weighted by atomic mass is 32.1. The van der Waals surface area contributed by atoms with E-state index < -0.39 is 11.7 Å². The van der Waals surface area contributed by atoms with Crippen molar-refractivity contribution in [2.45, 2.75) is 0 Å². The molecule has 0 fully saturated rings. The van der Waals surface area contributed by atoms with Crippen molar-refractivity contribution < 1.29 is 13.9 Å². The Balaban J connectivity index is 1.52. The Morgan fingerprint density at radius 2 is 1.96 bits per heavy atom. The van der Waals surface area contributed by atoms with Crippen LogP contribution in [0.5, 0.6) is 5.75 Å². The zero-order valence-electron chi connectivity index (χ0n) is 14.8. The summed E-state index contributed by atoms with van der Waals surface area (Å²) >= 11 is 1.22. The summed E-state index contributed by atoms with van der Waals surface area (Å²) < 4.78 is 10.5. The molecule has 4 aromatic rings. The maximum atomic E-state index is 12.3. The van der Waals surface area contributed by atoms with E-state index in [4.69, 9.17) is 9.15 Å². The number of nitrogens with one attached hydrogen (secondary N) is 2. The average molecular weight is 393 g/mol. The summed E-state index contributed by atoms with van der Waals surface area (Å²) in [6.45, 7) is 0. The van der Waals surface area contributed by atoms with E-state index in [1.54, 1.807) is 55.0 Å². The molecule has 2 heterocycles. The Hall–Kier alpha value is -3.65. The van der Waals surface area contributed by atoms with Crippen molar-refractivity contribution in [2.75, 3.05) is 17.7 Å². The lowest BCUT2D eigenvalue weighted by atomic mass is 10.1. The van der Waals surface area contributed by atoms with Crippen LogP contribution < -0.4 is 21.0 Å². The fourth-order valence-corrected chi connectivity index (χ4v) is 3.36. The van der Waals surface area contributed by atoms with Gasteiger partial charge in [-0.3, -0.25) is 5.32 Å². The van der Waals surface area contributed by atoms with E-state index in [0.29, 0.717) is 33.4 Å². The number of ether oxygens (including phenoxy) is 1. The van der Waals surface area contributed by atoms with Gasteiger partial charge >= 0.3 is 11.7 Å². The first-order valence-corrected chi connectivity index (χ1v) is 9.21. The maximum Gasteiger partial charge on any atom is 0.345 e. The molecule has 2 aromatic heterocycles. The molecule has 0 unspecified atom stereocenters. The Kier molecular flexibility index (Phi) is 4.77. The number of para-hydroxylation sites is 1. The van der Waals surface area contributed by atoms with Crippen molar-refractivity contribution >= 4 is 39.2 Å². The zero-order chi connectivity index (χ0) is 19.5. The Morgan fingerprint density at radius 3 is 2.82 bits per heavy atom. The predicted molar refractivity (Wildman–Crippen MR) is 109 cm³/mol. The minimum absolute atomic E-state index is 0.344. The highest BCUT2D eigenvalue weighted by Crippen LogP contribution is 2.25. The normalized spacial score (nSPS) is 10.6. The molecule has 0 bridgehead atoms. The summed E-state index contributed by atoms with van der Waals surface area (Å²) in [5.74, 6) is 0.636. The number of fused-ring (bicyclic) bond motifs is 1. The molecule has 0 radical (unpaired) electrons. The molecule has 4 rings (SSSR count). The standard InChI is InChI=1S/C20H15N3O4S/c1-26-14-7-4-6-13(10-14)21-19(25)23-20-22-16(11-28-20)15-9-12-5-2-3-8-17(12)27-18(15)24/h2-11H,1H3,(H2,21,22,23,25). The number of carbonyl (C=O) groups is 1. The van der Waals surface area contributed by atoms with E-state index >= 15 is 0 Å². The molecule has 0 aliphatic heterocycles. The van der Waals surface area contributed by atoms with Crippen LogP contribution in [-0.2, 0) is 0 Å². The number of urea groups is 1. The van der Waals surface area contributed by atoms with E-state index in [1.807, 2.05) is 12.1 Å². The molecule has 0 spiro atoms. The van der Waals surface area contributed by atoms with Gasteiger partial charge in [-0.05, 0) is 24.3 Å². The summed E-state index contributed by atoms with van der Waals surface area (Å²) in [4.78, 5) is 28.8. The van der Waals surface area contributed by atoms with Gasteiger partial charge in [-0.15, -0.1) is 11.3 Å². The highest BCUT2D eigenvalue weighted by molar-refractivity contribution is 7.14.